The van der Waals surface area contributed by atoms with Crippen LogP contribution in [0.1, 0.15) is 22.3 Å². The molecule has 0 amide bonds. The first-order valence-electron chi connectivity index (χ1n) is 17.6. The third kappa shape index (κ3) is 4.68. The average Bonchev–Trinajstić information content (AvgIpc) is 3.69. The van der Waals surface area contributed by atoms with Crippen LogP contribution >= 0.6 is 0 Å². The molecule has 8 aliphatic heterocycles. The predicted octanol–water partition coefficient (Wildman–Crippen LogP) is 0.774. The van der Waals surface area contributed by atoms with E-state index < -0.39 is 74.9 Å². The van der Waals surface area contributed by atoms with Crippen LogP contribution in [0.15, 0.2) is 109 Å². The number of aliphatic hydroxyl groups is 4. The molecular weight excluding hydrogens is 670 g/mol. The fraction of sp³-hybridized carbons (Fsp3) is 0.316. The summed E-state index contributed by atoms with van der Waals surface area (Å²) in [6.45, 7) is -5.86. The molecule has 14 heteroatoms. The summed E-state index contributed by atoms with van der Waals surface area (Å²) in [5, 5.41) is 42.0. The molecule has 52 heavy (non-hydrogen) atoms. The van der Waals surface area contributed by atoms with Gasteiger partial charge >= 0.3 is 13.5 Å². The Morgan fingerprint density at radius 3 is 1.25 bits per heavy atom. The summed E-state index contributed by atoms with van der Waals surface area (Å²) < 4.78 is 49.1. The lowest BCUT2D eigenvalue weighted by atomic mass is 9.68. The second kappa shape index (κ2) is 11.9. The fourth-order valence-electron chi connectivity index (χ4n) is 8.78. The molecule has 8 bridgehead atoms. The van der Waals surface area contributed by atoms with Gasteiger partial charge in [0.25, 0.3) is 0 Å². The molecule has 12 rings (SSSR count). The van der Waals surface area contributed by atoms with Crippen molar-refractivity contribution in [3.8, 4) is 0 Å². The molecular formula is C38H36B2O12-2. The maximum Gasteiger partial charge on any atom is 0.412 e. The van der Waals surface area contributed by atoms with Gasteiger partial charge in [-0.25, -0.2) is 0 Å². The van der Waals surface area contributed by atoms with Crippen LogP contribution in [0.4, 0.5) is 0 Å². The van der Waals surface area contributed by atoms with Crippen molar-refractivity contribution in [1.29, 1.82) is 0 Å². The first-order valence-corrected chi connectivity index (χ1v) is 17.6. The number of rotatable bonds is 8. The number of aliphatic hydroxyl groups excluding tert-OH is 4. The standard InChI is InChI=1S/C38H36B2O12/c41-21-37-35-33(43)29(47-37)19-45-39(49-35,51-37)27-15-11-25(12-16-27)31(23-7-3-1-4-8-23)32(24-9-5-2-6-10-24)26-13-17-28(18-14-26)40-46-20-30-34(44)36(50-40)38(22-42,48-30)52-40/h1-18,29-30,33-36,41-44H,19-22H2/q-2/b32-31+/t29-,30-,33-,34+,35-,36+,37+,38+,39?,40?/m1/s1. The van der Waals surface area contributed by atoms with Gasteiger partial charge in [-0.1, -0.05) is 109 Å². The summed E-state index contributed by atoms with van der Waals surface area (Å²) in [5.41, 5.74) is 6.92. The Labute approximate surface area is 299 Å². The molecule has 12 nitrogen and oxygen atoms in total. The van der Waals surface area contributed by atoms with E-state index in [-0.39, 0.29) is 13.2 Å². The van der Waals surface area contributed by atoms with E-state index in [1.54, 1.807) is 0 Å². The zero-order valence-electron chi connectivity index (χ0n) is 27.9. The molecule has 8 fully saturated rings. The van der Waals surface area contributed by atoms with Gasteiger partial charge < -0.3 is 57.8 Å². The van der Waals surface area contributed by atoms with Crippen LogP contribution in [0.5, 0.6) is 0 Å². The van der Waals surface area contributed by atoms with Gasteiger partial charge in [-0.15, -0.1) is 10.9 Å². The molecule has 4 aromatic carbocycles. The number of fused-ring (bicyclic) bond motifs is 2. The van der Waals surface area contributed by atoms with Gasteiger partial charge in [0.15, 0.2) is 11.6 Å². The highest BCUT2D eigenvalue weighted by molar-refractivity contribution is 6.76. The van der Waals surface area contributed by atoms with Gasteiger partial charge in [0, 0.05) is 13.2 Å². The highest BCUT2D eigenvalue weighted by Gasteiger charge is 2.67. The zero-order valence-corrected chi connectivity index (χ0v) is 27.9. The first-order chi connectivity index (χ1) is 25.3. The lowest BCUT2D eigenvalue weighted by Gasteiger charge is -2.36. The topological polar surface area (TPSA) is 155 Å². The summed E-state index contributed by atoms with van der Waals surface area (Å²) in [5.74, 6) is -2.99. The minimum Gasteiger partial charge on any atom is -0.539 e. The second-order valence-electron chi connectivity index (χ2n) is 14.3. The van der Waals surface area contributed by atoms with Gasteiger partial charge in [0.2, 0.25) is 0 Å². The molecule has 4 aromatic rings. The maximum absolute atomic E-state index is 10.8. The predicted molar refractivity (Wildman–Crippen MR) is 187 cm³/mol. The molecule has 8 aliphatic rings. The van der Waals surface area contributed by atoms with E-state index in [1.807, 2.05) is 84.9 Å². The van der Waals surface area contributed by atoms with Crippen LogP contribution in [0.25, 0.3) is 11.1 Å². The van der Waals surface area contributed by atoms with Crippen LogP contribution in [0, 0.1) is 0 Å². The SMILES string of the molecule is OC[C@@]12O[C@@H]3CO[B-](c4ccc(/C(=C(\c5ccccc5)c5ccc([B-]67OC[C@H]8O[C@@](CO)(O6)[C@@H](O7)[C@H]8O)cc5)c5ccccc5)cc4)(O[C@@H]1[C@@H]3O)O2. The molecule has 0 saturated carbocycles. The summed E-state index contributed by atoms with van der Waals surface area (Å²) in [6, 6.07) is 35.7. The summed E-state index contributed by atoms with van der Waals surface area (Å²) in [6.07, 6.45) is -5.09. The van der Waals surface area contributed by atoms with Gasteiger partial charge in [0.1, 0.15) is 24.4 Å². The van der Waals surface area contributed by atoms with E-state index in [1.165, 1.54) is 0 Å². The van der Waals surface area contributed by atoms with Crippen molar-refractivity contribution < 1.29 is 57.8 Å². The highest BCUT2D eigenvalue weighted by atomic mass is 16.9. The van der Waals surface area contributed by atoms with Crippen molar-refractivity contribution in [2.24, 2.45) is 0 Å². The maximum atomic E-state index is 10.8. The van der Waals surface area contributed by atoms with E-state index >= 15 is 0 Å². The molecule has 0 aromatic heterocycles. The lowest BCUT2D eigenvalue weighted by Crippen LogP contribution is -2.54. The molecule has 10 atom stereocenters. The molecule has 0 aliphatic carbocycles. The summed E-state index contributed by atoms with van der Waals surface area (Å²) in [7, 11) is 0. The second-order valence-corrected chi connectivity index (χ2v) is 14.3. The van der Waals surface area contributed by atoms with Crippen molar-refractivity contribution >= 4 is 35.6 Å². The van der Waals surface area contributed by atoms with Gasteiger partial charge in [-0.3, -0.25) is 0 Å². The highest BCUT2D eigenvalue weighted by Crippen LogP contribution is 2.48. The molecule has 2 unspecified atom stereocenters. The largest absolute Gasteiger partial charge is 0.539 e. The van der Waals surface area contributed by atoms with Crippen molar-refractivity contribution in [3.63, 3.8) is 0 Å². The average molecular weight is 706 g/mol. The monoisotopic (exact) mass is 706 g/mol. The van der Waals surface area contributed by atoms with Gasteiger partial charge in [-0.05, 0) is 33.4 Å². The fourth-order valence-corrected chi connectivity index (χ4v) is 8.78. The van der Waals surface area contributed by atoms with E-state index in [0.717, 1.165) is 33.4 Å². The Morgan fingerprint density at radius 1 is 0.538 bits per heavy atom. The molecule has 4 N–H and O–H groups in total. The molecule has 0 spiro atoms. The number of hydrogen-bond acceptors (Lipinski definition) is 12. The normalized spacial score (nSPS) is 38.8. The summed E-state index contributed by atoms with van der Waals surface area (Å²) >= 11 is 0. The molecule has 8 saturated heterocycles. The van der Waals surface area contributed by atoms with E-state index in [4.69, 9.17) is 37.4 Å². The quantitative estimate of drug-likeness (QED) is 0.151. The Kier molecular flexibility index (Phi) is 7.52. The molecule has 268 valence electrons. The number of benzene rings is 4. The first kappa shape index (κ1) is 32.9. The number of ether oxygens (including phenoxy) is 2. The third-order valence-corrected chi connectivity index (χ3v) is 11.3. The Bertz CT molecular complexity index is 1870. The Balaban J connectivity index is 1.07. The molecule has 0 radical (unpaired) electrons. The summed E-state index contributed by atoms with van der Waals surface area (Å²) in [4.78, 5) is 0. The van der Waals surface area contributed by atoms with Gasteiger partial charge in [0.05, 0.1) is 25.4 Å². The minimum atomic E-state index is -2.51. The van der Waals surface area contributed by atoms with Crippen LogP contribution in [-0.4, -0.2) is 109 Å². The van der Waals surface area contributed by atoms with Gasteiger partial charge in [-0.2, -0.15) is 0 Å². The van der Waals surface area contributed by atoms with Crippen molar-refractivity contribution in [2.75, 3.05) is 26.4 Å². The molecule has 8 heterocycles. The van der Waals surface area contributed by atoms with Crippen molar-refractivity contribution in [1.82, 2.24) is 0 Å². The van der Waals surface area contributed by atoms with Crippen LogP contribution in [-0.2, 0) is 37.4 Å². The third-order valence-electron chi connectivity index (χ3n) is 11.3. The number of hydrogen-bond donors (Lipinski definition) is 4. The van der Waals surface area contributed by atoms with Crippen LogP contribution in [0.2, 0.25) is 0 Å². The van der Waals surface area contributed by atoms with Crippen LogP contribution in [0.3, 0.4) is 0 Å². The smallest absolute Gasteiger partial charge is 0.412 e. The van der Waals surface area contributed by atoms with E-state index in [9.17, 15) is 20.4 Å². The minimum absolute atomic E-state index is 0.0595. The zero-order chi connectivity index (χ0) is 35.3. The van der Waals surface area contributed by atoms with E-state index in [2.05, 4.69) is 24.3 Å². The van der Waals surface area contributed by atoms with Crippen molar-refractivity contribution in [2.45, 2.75) is 48.2 Å². The van der Waals surface area contributed by atoms with E-state index in [0.29, 0.717) is 10.9 Å². The lowest BCUT2D eigenvalue weighted by molar-refractivity contribution is -0.193. The Hall–Kier alpha value is -3.73. The Morgan fingerprint density at radius 2 is 0.904 bits per heavy atom. The van der Waals surface area contributed by atoms with Crippen molar-refractivity contribution in [3.05, 3.63) is 131 Å². The van der Waals surface area contributed by atoms with Crippen LogP contribution < -0.4 is 10.9 Å².